The maximum Gasteiger partial charge on any atom is 0.311 e. The lowest BCUT2D eigenvalue weighted by molar-refractivity contribution is -0.154. The number of fused-ring (bicyclic) bond motifs is 1. The number of esters is 1. The van der Waals surface area contributed by atoms with Crippen LogP contribution >= 0.6 is 0 Å². The predicted octanol–water partition coefficient (Wildman–Crippen LogP) is 4.04. The Kier molecular flexibility index (Phi) is 5.40. The molecule has 0 unspecified atom stereocenters. The number of hydrogen-bond acceptors (Lipinski definition) is 5. The van der Waals surface area contributed by atoms with Gasteiger partial charge in [-0.2, -0.15) is 0 Å². The third-order valence-electron chi connectivity index (χ3n) is 4.77. The first-order valence-electron chi connectivity index (χ1n) is 9.43. The third kappa shape index (κ3) is 4.16. The molecule has 0 aliphatic carbocycles. The van der Waals surface area contributed by atoms with Crippen molar-refractivity contribution in [3.05, 3.63) is 53.0 Å². The SMILES string of the molecule is Cc1ccc(CCn2cnc3nc(C)c(COC(=O)C(C)(C)C)c-3c2O)cc1. The van der Waals surface area contributed by atoms with Crippen LogP contribution in [0, 0.1) is 19.3 Å². The molecule has 3 rings (SSSR count). The molecular weight excluding hydrogens is 354 g/mol. The van der Waals surface area contributed by atoms with Gasteiger partial charge in [0.2, 0.25) is 5.88 Å². The fourth-order valence-corrected chi connectivity index (χ4v) is 2.95. The Morgan fingerprint density at radius 2 is 1.86 bits per heavy atom. The first kappa shape index (κ1) is 19.9. The molecule has 1 N–H and O–H groups in total. The molecule has 2 heterocycles. The Hall–Kier alpha value is -2.89. The van der Waals surface area contributed by atoms with E-state index in [9.17, 15) is 9.90 Å². The van der Waals surface area contributed by atoms with Gasteiger partial charge in [0.25, 0.3) is 0 Å². The third-order valence-corrected chi connectivity index (χ3v) is 4.77. The van der Waals surface area contributed by atoms with Gasteiger partial charge in [0.05, 0.1) is 17.3 Å². The lowest BCUT2D eigenvalue weighted by Gasteiger charge is -2.17. The van der Waals surface area contributed by atoms with E-state index in [0.717, 1.165) is 6.42 Å². The minimum Gasteiger partial charge on any atom is -0.494 e. The maximum absolute atomic E-state index is 12.1. The summed E-state index contributed by atoms with van der Waals surface area (Å²) in [5.74, 6) is 0.264. The van der Waals surface area contributed by atoms with Gasteiger partial charge in [0.15, 0.2) is 5.82 Å². The molecule has 0 atom stereocenters. The molecular formula is C22H27N3O3. The van der Waals surface area contributed by atoms with Gasteiger partial charge in [-0.3, -0.25) is 4.79 Å². The van der Waals surface area contributed by atoms with E-state index in [-0.39, 0.29) is 18.5 Å². The van der Waals surface area contributed by atoms with Crippen LogP contribution in [-0.4, -0.2) is 25.6 Å². The molecule has 0 radical (unpaired) electrons. The van der Waals surface area contributed by atoms with Crippen LogP contribution in [0.4, 0.5) is 0 Å². The Morgan fingerprint density at radius 3 is 2.50 bits per heavy atom. The molecule has 0 amide bonds. The van der Waals surface area contributed by atoms with Gasteiger partial charge in [0, 0.05) is 17.8 Å². The molecule has 0 saturated heterocycles. The van der Waals surface area contributed by atoms with Gasteiger partial charge in [-0.25, -0.2) is 9.97 Å². The summed E-state index contributed by atoms with van der Waals surface area (Å²) >= 11 is 0. The summed E-state index contributed by atoms with van der Waals surface area (Å²) in [6, 6.07) is 8.33. The smallest absolute Gasteiger partial charge is 0.311 e. The van der Waals surface area contributed by atoms with Crippen molar-refractivity contribution >= 4 is 5.97 Å². The number of aromatic nitrogens is 3. The molecule has 148 valence electrons. The largest absolute Gasteiger partial charge is 0.494 e. The van der Waals surface area contributed by atoms with Gasteiger partial charge < -0.3 is 14.4 Å². The van der Waals surface area contributed by atoms with E-state index in [1.54, 1.807) is 10.9 Å². The van der Waals surface area contributed by atoms with Gasteiger partial charge in [-0.1, -0.05) is 29.8 Å². The van der Waals surface area contributed by atoms with Crippen LogP contribution in [-0.2, 0) is 29.1 Å². The number of aromatic hydroxyl groups is 1. The van der Waals surface area contributed by atoms with Crippen LogP contribution in [0.5, 0.6) is 5.88 Å². The highest BCUT2D eigenvalue weighted by atomic mass is 16.5. The Labute approximate surface area is 165 Å². The molecule has 0 spiro atoms. The summed E-state index contributed by atoms with van der Waals surface area (Å²) < 4.78 is 7.15. The number of benzene rings is 1. The zero-order chi connectivity index (χ0) is 20.5. The minimum absolute atomic E-state index is 0.0651. The van der Waals surface area contributed by atoms with Crippen LogP contribution in [0.1, 0.15) is 43.2 Å². The molecule has 2 aliphatic rings. The molecule has 6 nitrogen and oxygen atoms in total. The second kappa shape index (κ2) is 7.62. The van der Waals surface area contributed by atoms with Gasteiger partial charge in [-0.15, -0.1) is 0 Å². The first-order valence-corrected chi connectivity index (χ1v) is 9.43. The number of ether oxygens (including phenoxy) is 1. The zero-order valence-corrected chi connectivity index (χ0v) is 17.1. The molecule has 0 bridgehead atoms. The van der Waals surface area contributed by atoms with Crippen LogP contribution in [0.15, 0.2) is 30.6 Å². The van der Waals surface area contributed by atoms with E-state index in [0.29, 0.717) is 29.2 Å². The molecule has 2 aliphatic heterocycles. The molecule has 1 aromatic carbocycles. The summed E-state index contributed by atoms with van der Waals surface area (Å²) in [5, 5.41) is 10.8. The molecule has 0 fully saturated rings. The summed E-state index contributed by atoms with van der Waals surface area (Å²) in [4.78, 5) is 20.9. The molecule has 0 saturated carbocycles. The summed E-state index contributed by atoms with van der Waals surface area (Å²) in [7, 11) is 0. The van der Waals surface area contributed by atoms with Crippen molar-refractivity contribution in [1.29, 1.82) is 0 Å². The summed E-state index contributed by atoms with van der Waals surface area (Å²) in [6.45, 7) is 9.96. The van der Waals surface area contributed by atoms with E-state index in [2.05, 4.69) is 41.2 Å². The van der Waals surface area contributed by atoms with Crippen molar-refractivity contribution < 1.29 is 14.6 Å². The minimum atomic E-state index is -0.585. The fraction of sp³-hybridized carbons (Fsp3) is 0.409. The highest BCUT2D eigenvalue weighted by Gasteiger charge is 2.27. The second-order valence-corrected chi connectivity index (χ2v) is 8.20. The lowest BCUT2D eigenvalue weighted by atomic mass is 9.97. The van der Waals surface area contributed by atoms with Crippen molar-refractivity contribution in [1.82, 2.24) is 14.5 Å². The molecule has 28 heavy (non-hydrogen) atoms. The standard InChI is InChI=1S/C22H27N3O3/c1-14-6-8-16(9-7-14)10-11-25-13-23-19-18(20(25)26)17(15(2)24-19)12-28-21(27)22(3,4)5/h6-9,13,26H,10-12H2,1-5H3. The number of hydrogen-bond donors (Lipinski definition) is 1. The fourth-order valence-electron chi connectivity index (χ4n) is 2.95. The van der Waals surface area contributed by atoms with Crippen LogP contribution < -0.4 is 0 Å². The molecule has 6 heteroatoms. The van der Waals surface area contributed by atoms with Crippen molar-refractivity contribution in [3.63, 3.8) is 0 Å². The number of aryl methyl sites for hydroxylation is 4. The monoisotopic (exact) mass is 381 g/mol. The van der Waals surface area contributed by atoms with Gasteiger partial charge in [0.1, 0.15) is 6.61 Å². The van der Waals surface area contributed by atoms with Crippen molar-refractivity contribution in [3.8, 4) is 17.3 Å². The number of carbonyl (C=O) groups is 1. The summed E-state index contributed by atoms with van der Waals surface area (Å²) in [5.41, 5.74) is 3.77. The summed E-state index contributed by atoms with van der Waals surface area (Å²) in [6.07, 6.45) is 2.37. The van der Waals surface area contributed by atoms with Crippen LogP contribution in [0.3, 0.4) is 0 Å². The lowest BCUT2D eigenvalue weighted by Crippen LogP contribution is -2.22. The second-order valence-electron chi connectivity index (χ2n) is 8.20. The normalized spacial score (nSPS) is 11.8. The van der Waals surface area contributed by atoms with E-state index in [1.807, 2.05) is 27.7 Å². The van der Waals surface area contributed by atoms with Gasteiger partial charge >= 0.3 is 5.97 Å². The van der Waals surface area contributed by atoms with Gasteiger partial charge in [-0.05, 0) is 46.6 Å². The average molecular weight is 381 g/mol. The Morgan fingerprint density at radius 1 is 1.18 bits per heavy atom. The molecule has 0 aromatic heterocycles. The number of rotatable bonds is 5. The van der Waals surface area contributed by atoms with Crippen molar-refractivity contribution in [2.45, 2.75) is 54.2 Å². The zero-order valence-electron chi connectivity index (χ0n) is 17.1. The highest BCUT2D eigenvalue weighted by molar-refractivity contribution is 5.76. The quantitative estimate of drug-likeness (QED) is 0.675. The number of carbonyl (C=O) groups excluding carboxylic acids is 1. The Bertz CT molecular complexity index is 952. The topological polar surface area (TPSA) is 77.2 Å². The predicted molar refractivity (Wildman–Crippen MR) is 107 cm³/mol. The van der Waals surface area contributed by atoms with Crippen LogP contribution in [0.25, 0.3) is 11.4 Å². The van der Waals surface area contributed by atoms with Crippen LogP contribution in [0.2, 0.25) is 0 Å². The van der Waals surface area contributed by atoms with E-state index in [4.69, 9.17) is 4.74 Å². The highest BCUT2D eigenvalue weighted by Crippen LogP contribution is 2.35. The maximum atomic E-state index is 12.1. The van der Waals surface area contributed by atoms with E-state index < -0.39 is 5.41 Å². The number of nitrogens with zero attached hydrogens (tertiary/aromatic N) is 3. The van der Waals surface area contributed by atoms with E-state index >= 15 is 0 Å². The van der Waals surface area contributed by atoms with Crippen molar-refractivity contribution in [2.75, 3.05) is 0 Å². The van der Waals surface area contributed by atoms with Crippen molar-refractivity contribution in [2.24, 2.45) is 5.41 Å². The van der Waals surface area contributed by atoms with E-state index in [1.165, 1.54) is 11.1 Å². The Balaban J connectivity index is 1.84. The molecule has 1 aromatic rings. The average Bonchev–Trinajstić information content (AvgIpc) is 2.95. The first-order chi connectivity index (χ1) is 13.2.